The molecule has 4 aromatic rings. The van der Waals surface area contributed by atoms with E-state index in [2.05, 4.69) is 39.9 Å². The van der Waals surface area contributed by atoms with E-state index >= 15 is 0 Å². The van der Waals surface area contributed by atoms with E-state index in [0.717, 1.165) is 22.3 Å². The van der Waals surface area contributed by atoms with Crippen LogP contribution in [0.5, 0.6) is 0 Å². The number of amides is 1. The van der Waals surface area contributed by atoms with Gasteiger partial charge >= 0.3 is 0 Å². The highest BCUT2D eigenvalue weighted by Gasteiger charge is 2.22. The van der Waals surface area contributed by atoms with Gasteiger partial charge in [-0.05, 0) is 60.6 Å². The van der Waals surface area contributed by atoms with Gasteiger partial charge in [-0.2, -0.15) is 10.4 Å². The Labute approximate surface area is 217 Å². The van der Waals surface area contributed by atoms with Crippen molar-refractivity contribution in [3.8, 4) is 17.2 Å². The van der Waals surface area contributed by atoms with Crippen molar-refractivity contribution in [2.45, 2.75) is 44.2 Å². The molecule has 2 aromatic carbocycles. The van der Waals surface area contributed by atoms with Crippen LogP contribution >= 0.6 is 0 Å². The van der Waals surface area contributed by atoms with Gasteiger partial charge in [0.05, 0.1) is 23.9 Å². The second-order valence-electron chi connectivity index (χ2n) is 9.60. The molecule has 2 heterocycles. The monoisotopic (exact) mass is 490 g/mol. The summed E-state index contributed by atoms with van der Waals surface area (Å²) in [5.41, 5.74) is 4.62. The van der Waals surface area contributed by atoms with E-state index in [-0.39, 0.29) is 11.8 Å². The second kappa shape index (κ2) is 11.2. The van der Waals surface area contributed by atoms with Gasteiger partial charge in [-0.25, -0.2) is 4.98 Å². The molecule has 5 rings (SSSR count). The van der Waals surface area contributed by atoms with Crippen molar-refractivity contribution in [3.05, 3.63) is 102 Å². The molecule has 0 aliphatic heterocycles. The largest absolute Gasteiger partial charge is 0.309 e. The molecule has 0 saturated heterocycles. The van der Waals surface area contributed by atoms with E-state index in [4.69, 9.17) is 5.26 Å². The number of anilines is 1. The number of nitrogens with one attached hydrogen (secondary N) is 2. The lowest BCUT2D eigenvalue weighted by Crippen LogP contribution is -2.35. The predicted molar refractivity (Wildman–Crippen MR) is 144 cm³/mol. The normalized spacial score (nSPS) is 14.8. The molecule has 1 fully saturated rings. The summed E-state index contributed by atoms with van der Waals surface area (Å²) in [6.07, 6.45) is 9.36. The molecule has 1 saturated carbocycles. The van der Waals surface area contributed by atoms with Gasteiger partial charge in [0.25, 0.3) is 0 Å². The summed E-state index contributed by atoms with van der Waals surface area (Å²) in [6.45, 7) is 2.69. The molecule has 1 unspecified atom stereocenters. The Kier molecular flexibility index (Phi) is 7.38. The highest BCUT2D eigenvalue weighted by molar-refractivity contribution is 5.95. The molecule has 2 aromatic heterocycles. The van der Waals surface area contributed by atoms with Crippen LogP contribution in [-0.4, -0.2) is 27.2 Å². The number of carbonyl (C=O) groups excluding carboxylic acids is 1. The third-order valence-electron chi connectivity index (χ3n) is 7.03. The Balaban J connectivity index is 1.25. The van der Waals surface area contributed by atoms with Gasteiger partial charge < -0.3 is 10.6 Å². The van der Waals surface area contributed by atoms with Crippen LogP contribution in [0.2, 0.25) is 0 Å². The quantitative estimate of drug-likeness (QED) is 0.318. The van der Waals surface area contributed by atoms with Crippen LogP contribution in [0.4, 0.5) is 5.82 Å². The zero-order chi connectivity index (χ0) is 25.6. The van der Waals surface area contributed by atoms with Crippen molar-refractivity contribution in [2.24, 2.45) is 0 Å². The molecule has 7 heteroatoms. The Bertz CT molecular complexity index is 1370. The van der Waals surface area contributed by atoms with Crippen molar-refractivity contribution in [3.63, 3.8) is 0 Å². The molecular weight excluding hydrogens is 460 g/mol. The number of hydrogen-bond acceptors (Lipinski definition) is 5. The fourth-order valence-corrected chi connectivity index (χ4v) is 4.48. The van der Waals surface area contributed by atoms with Crippen LogP contribution in [0, 0.1) is 11.3 Å². The minimum absolute atomic E-state index is 0.157. The molecule has 1 aliphatic rings. The Morgan fingerprint density at radius 3 is 2.46 bits per heavy atom. The van der Waals surface area contributed by atoms with Crippen LogP contribution in [0.1, 0.15) is 60.9 Å². The molecule has 1 aliphatic carbocycles. The summed E-state index contributed by atoms with van der Waals surface area (Å²) < 4.78 is 2.05. The van der Waals surface area contributed by atoms with Gasteiger partial charge in [0, 0.05) is 30.1 Å². The number of nitrogens with zero attached hydrogens (tertiary/aromatic N) is 4. The minimum atomic E-state index is -0.538. The van der Waals surface area contributed by atoms with Gasteiger partial charge in [-0.15, -0.1) is 0 Å². The van der Waals surface area contributed by atoms with E-state index in [0.29, 0.717) is 24.0 Å². The molecule has 1 amide bonds. The maximum Gasteiger partial charge on any atom is 0.247 e. The topological polar surface area (TPSA) is 95.6 Å². The van der Waals surface area contributed by atoms with Crippen LogP contribution in [0.25, 0.3) is 11.1 Å². The number of aromatic nitrogens is 3. The van der Waals surface area contributed by atoms with Gasteiger partial charge in [0.1, 0.15) is 11.9 Å². The molecule has 0 radical (unpaired) electrons. The van der Waals surface area contributed by atoms with E-state index in [1.54, 1.807) is 6.20 Å². The maximum absolute atomic E-state index is 13.4. The minimum Gasteiger partial charge on any atom is -0.309 e. The lowest BCUT2D eigenvalue weighted by atomic mass is 9.93. The van der Waals surface area contributed by atoms with Crippen LogP contribution in [0.15, 0.2) is 85.3 Å². The fourth-order valence-electron chi connectivity index (χ4n) is 4.48. The zero-order valence-corrected chi connectivity index (χ0v) is 20.8. The van der Waals surface area contributed by atoms with Crippen LogP contribution in [-0.2, 0) is 4.79 Å². The standard InChI is InChI=1S/C30H30N6O/c1-21(23-12-10-22(16-31)11-13-23)17-33-29(24-6-3-2-4-7-24)30(37)35-28-15-14-25(18-32-28)26-19-34-36(20-26)27-8-5-9-27/h2-4,6-7,10-15,18-21,27,29,33H,5,8-9,17H2,1H3,(H,32,35,37)/t21-,29?/m0/s1. The molecule has 0 bridgehead atoms. The van der Waals surface area contributed by atoms with Crippen LogP contribution in [0.3, 0.4) is 0 Å². The van der Waals surface area contributed by atoms with Gasteiger partial charge in [-0.3, -0.25) is 9.48 Å². The molecule has 186 valence electrons. The van der Waals surface area contributed by atoms with E-state index < -0.39 is 6.04 Å². The van der Waals surface area contributed by atoms with Gasteiger partial charge in [0.15, 0.2) is 0 Å². The van der Waals surface area contributed by atoms with Crippen molar-refractivity contribution in [1.29, 1.82) is 5.26 Å². The lowest BCUT2D eigenvalue weighted by Gasteiger charge is -2.25. The number of nitriles is 1. The third kappa shape index (κ3) is 5.76. The molecular formula is C30H30N6O. The summed E-state index contributed by atoms with van der Waals surface area (Å²) >= 11 is 0. The first-order chi connectivity index (χ1) is 18.1. The SMILES string of the molecule is C[C@@H](CNC(C(=O)Nc1ccc(-c2cnn(C3CCC3)c2)cn1)c1ccccc1)c1ccc(C#N)cc1. The van der Waals surface area contributed by atoms with Gasteiger partial charge in [0.2, 0.25) is 5.91 Å². The zero-order valence-electron chi connectivity index (χ0n) is 20.8. The second-order valence-corrected chi connectivity index (χ2v) is 9.60. The van der Waals surface area contributed by atoms with Crippen molar-refractivity contribution < 1.29 is 4.79 Å². The Morgan fingerprint density at radius 1 is 1.03 bits per heavy atom. The Morgan fingerprint density at radius 2 is 1.81 bits per heavy atom. The molecule has 37 heavy (non-hydrogen) atoms. The number of hydrogen-bond donors (Lipinski definition) is 2. The highest BCUT2D eigenvalue weighted by Crippen LogP contribution is 2.32. The summed E-state index contributed by atoms with van der Waals surface area (Å²) in [5.74, 6) is 0.490. The van der Waals surface area contributed by atoms with Gasteiger partial charge in [-0.1, -0.05) is 49.4 Å². The van der Waals surface area contributed by atoms with Crippen molar-refractivity contribution in [1.82, 2.24) is 20.1 Å². The first-order valence-corrected chi connectivity index (χ1v) is 12.7. The van der Waals surface area contributed by atoms with E-state index in [1.807, 2.05) is 77.6 Å². The maximum atomic E-state index is 13.4. The first-order valence-electron chi connectivity index (χ1n) is 12.7. The first kappa shape index (κ1) is 24.4. The number of benzene rings is 2. The number of rotatable bonds is 9. The summed E-state index contributed by atoms with van der Waals surface area (Å²) in [7, 11) is 0. The highest BCUT2D eigenvalue weighted by atomic mass is 16.2. The molecule has 7 nitrogen and oxygen atoms in total. The molecule has 0 spiro atoms. The number of pyridine rings is 1. The van der Waals surface area contributed by atoms with Crippen molar-refractivity contribution >= 4 is 11.7 Å². The third-order valence-corrected chi connectivity index (χ3v) is 7.03. The smallest absolute Gasteiger partial charge is 0.247 e. The summed E-state index contributed by atoms with van der Waals surface area (Å²) in [5, 5.41) is 19.9. The number of carbonyl (C=O) groups is 1. The molecule has 2 N–H and O–H groups in total. The predicted octanol–water partition coefficient (Wildman–Crippen LogP) is 5.61. The van der Waals surface area contributed by atoms with Crippen LogP contribution < -0.4 is 10.6 Å². The Hall–Kier alpha value is -4.28. The molecule has 2 atom stereocenters. The van der Waals surface area contributed by atoms with Crippen molar-refractivity contribution in [2.75, 3.05) is 11.9 Å². The summed E-state index contributed by atoms with van der Waals surface area (Å²) in [4.78, 5) is 17.9. The van der Waals surface area contributed by atoms with E-state index in [9.17, 15) is 4.79 Å². The average Bonchev–Trinajstić information content (AvgIpc) is 3.38. The average molecular weight is 491 g/mol. The fraction of sp³-hybridized carbons (Fsp3) is 0.267. The lowest BCUT2D eigenvalue weighted by molar-refractivity contribution is -0.118. The van der Waals surface area contributed by atoms with E-state index in [1.165, 1.54) is 19.3 Å². The summed E-state index contributed by atoms with van der Waals surface area (Å²) in [6, 6.07) is 23.2.